The van der Waals surface area contributed by atoms with Crippen molar-refractivity contribution in [3.8, 4) is 0 Å². The minimum absolute atomic E-state index is 0.303. The second-order valence-corrected chi connectivity index (χ2v) is 8.24. The van der Waals surface area contributed by atoms with Crippen LogP contribution in [-0.2, 0) is 0 Å². The average Bonchev–Trinajstić information content (AvgIpc) is 3.16. The molecule has 0 unspecified atom stereocenters. The molecule has 0 saturated carbocycles. The molecule has 0 aliphatic carbocycles. The molecule has 0 aromatic carbocycles. The summed E-state index contributed by atoms with van der Waals surface area (Å²) in [5.74, 6) is 1.04. The maximum atomic E-state index is 12.3. The van der Waals surface area contributed by atoms with Crippen molar-refractivity contribution in [3.05, 3.63) is 28.5 Å². The van der Waals surface area contributed by atoms with Gasteiger partial charge >= 0.3 is 0 Å². The van der Waals surface area contributed by atoms with Gasteiger partial charge in [0.1, 0.15) is 5.69 Å². The van der Waals surface area contributed by atoms with E-state index in [0.29, 0.717) is 21.9 Å². The van der Waals surface area contributed by atoms with Gasteiger partial charge in [-0.3, -0.25) is 10.1 Å². The van der Waals surface area contributed by atoms with Gasteiger partial charge < -0.3 is 5.32 Å². The third-order valence-corrected chi connectivity index (χ3v) is 5.44. The van der Waals surface area contributed by atoms with Crippen molar-refractivity contribution in [1.82, 2.24) is 25.1 Å². The minimum Gasteiger partial charge on any atom is -0.300 e. The maximum Gasteiger partial charge on any atom is 0.277 e. The summed E-state index contributed by atoms with van der Waals surface area (Å²) in [6.07, 6.45) is 0. The van der Waals surface area contributed by atoms with Gasteiger partial charge in [-0.15, -0.1) is 21.5 Å². The number of hydrogen-bond donors (Lipinski definition) is 2. The van der Waals surface area contributed by atoms with E-state index in [1.807, 2.05) is 26.8 Å². The third-order valence-electron chi connectivity index (χ3n) is 2.83. The van der Waals surface area contributed by atoms with E-state index in [9.17, 15) is 4.79 Å². The smallest absolute Gasteiger partial charge is 0.277 e. The molecule has 25 heavy (non-hydrogen) atoms. The van der Waals surface area contributed by atoms with Crippen LogP contribution < -0.4 is 10.6 Å². The normalized spacial score (nSPS) is 10.7. The number of thioether (sulfide) groups is 1. The lowest BCUT2D eigenvalue weighted by atomic mass is 10.4. The number of carbonyl (C=O) groups excluding carboxylic acids is 1. The maximum absolute atomic E-state index is 12.3. The van der Waals surface area contributed by atoms with E-state index in [1.165, 1.54) is 22.7 Å². The monoisotopic (exact) mass is 393 g/mol. The number of aromatic nitrogens is 5. The van der Waals surface area contributed by atoms with Crippen LogP contribution in [0.15, 0.2) is 15.8 Å². The number of nitrogens with one attached hydrogen (secondary N) is 2. The molecule has 2 N–H and O–H groups in total. The molecule has 0 radical (unpaired) electrons. The van der Waals surface area contributed by atoms with Crippen molar-refractivity contribution in [2.45, 2.75) is 25.1 Å². The standard InChI is InChI=1S/C14H15N7OS3/c1-4-23-14-21-20-13(25-14)18-10(22)9-6-24-12(17-9)19-11-15-7(2)5-8(3)16-11/h5-6H,4H2,1-3H3,(H,18,20,22)(H,15,16,17,19). The van der Waals surface area contributed by atoms with E-state index >= 15 is 0 Å². The van der Waals surface area contributed by atoms with E-state index < -0.39 is 0 Å². The Kier molecular flexibility index (Phi) is 5.56. The van der Waals surface area contributed by atoms with Crippen molar-refractivity contribution >= 4 is 56.6 Å². The topological polar surface area (TPSA) is 106 Å². The number of aryl methyl sites for hydroxylation is 2. The Morgan fingerprint density at radius 2 is 1.92 bits per heavy atom. The Balaban J connectivity index is 1.66. The molecule has 0 aliphatic heterocycles. The molecule has 0 saturated heterocycles. The average molecular weight is 394 g/mol. The zero-order chi connectivity index (χ0) is 17.8. The first-order valence-electron chi connectivity index (χ1n) is 7.36. The van der Waals surface area contributed by atoms with Crippen LogP contribution in [0.2, 0.25) is 0 Å². The molecule has 3 rings (SSSR count). The third kappa shape index (κ3) is 4.71. The van der Waals surface area contributed by atoms with E-state index in [-0.39, 0.29) is 5.91 Å². The number of anilines is 3. The summed E-state index contributed by atoms with van der Waals surface area (Å²) in [4.78, 5) is 25.1. The molecule has 130 valence electrons. The molecular formula is C14H15N7OS3. The quantitative estimate of drug-likeness (QED) is 0.484. The highest BCUT2D eigenvalue weighted by molar-refractivity contribution is 8.01. The van der Waals surface area contributed by atoms with Crippen LogP contribution in [0.25, 0.3) is 0 Å². The molecule has 3 aromatic heterocycles. The van der Waals surface area contributed by atoms with Crippen LogP contribution in [0, 0.1) is 13.8 Å². The van der Waals surface area contributed by atoms with Crippen LogP contribution in [-0.4, -0.2) is 36.8 Å². The lowest BCUT2D eigenvalue weighted by Gasteiger charge is -2.03. The molecule has 3 aromatic rings. The van der Waals surface area contributed by atoms with E-state index in [4.69, 9.17) is 0 Å². The van der Waals surface area contributed by atoms with Gasteiger partial charge in [0.05, 0.1) is 0 Å². The Morgan fingerprint density at radius 1 is 1.16 bits per heavy atom. The van der Waals surface area contributed by atoms with Crippen molar-refractivity contribution in [2.24, 2.45) is 0 Å². The number of nitrogens with zero attached hydrogens (tertiary/aromatic N) is 5. The highest BCUT2D eigenvalue weighted by Gasteiger charge is 2.14. The fourth-order valence-corrected chi connectivity index (χ4v) is 4.24. The van der Waals surface area contributed by atoms with Gasteiger partial charge in [0.25, 0.3) is 5.91 Å². The van der Waals surface area contributed by atoms with E-state index in [0.717, 1.165) is 21.5 Å². The first-order valence-corrected chi connectivity index (χ1v) is 10.0. The van der Waals surface area contributed by atoms with Crippen molar-refractivity contribution in [1.29, 1.82) is 0 Å². The lowest BCUT2D eigenvalue weighted by Crippen LogP contribution is -2.12. The van der Waals surface area contributed by atoms with Crippen LogP contribution in [0.4, 0.5) is 16.2 Å². The number of carbonyl (C=O) groups is 1. The molecule has 0 bridgehead atoms. The number of hydrogen-bond acceptors (Lipinski definition) is 10. The Morgan fingerprint density at radius 3 is 2.64 bits per heavy atom. The number of amides is 1. The molecule has 1 amide bonds. The molecule has 0 spiro atoms. The molecule has 0 fully saturated rings. The molecule has 3 heterocycles. The molecular weight excluding hydrogens is 378 g/mol. The second-order valence-electron chi connectivity index (χ2n) is 4.90. The predicted molar refractivity (Wildman–Crippen MR) is 101 cm³/mol. The van der Waals surface area contributed by atoms with Crippen LogP contribution >= 0.6 is 34.4 Å². The number of thiazole rings is 1. The van der Waals surface area contributed by atoms with Gasteiger partial charge in [-0.05, 0) is 25.7 Å². The highest BCUT2D eigenvalue weighted by Crippen LogP contribution is 2.26. The zero-order valence-corrected chi connectivity index (χ0v) is 16.2. The van der Waals surface area contributed by atoms with Gasteiger partial charge in [-0.25, -0.2) is 15.0 Å². The summed E-state index contributed by atoms with van der Waals surface area (Å²) in [7, 11) is 0. The molecule has 8 nitrogen and oxygen atoms in total. The zero-order valence-electron chi connectivity index (χ0n) is 13.7. The Bertz CT molecular complexity index is 872. The van der Waals surface area contributed by atoms with Crippen LogP contribution in [0.5, 0.6) is 0 Å². The van der Waals surface area contributed by atoms with Gasteiger partial charge in [0.2, 0.25) is 11.1 Å². The first kappa shape index (κ1) is 17.7. The molecule has 11 heteroatoms. The van der Waals surface area contributed by atoms with E-state index in [2.05, 4.69) is 35.8 Å². The van der Waals surface area contributed by atoms with Crippen molar-refractivity contribution < 1.29 is 4.79 Å². The molecule has 0 atom stereocenters. The lowest BCUT2D eigenvalue weighted by molar-refractivity contribution is 0.102. The number of rotatable bonds is 6. The van der Waals surface area contributed by atoms with Crippen molar-refractivity contribution in [2.75, 3.05) is 16.4 Å². The first-order chi connectivity index (χ1) is 12.0. The summed E-state index contributed by atoms with van der Waals surface area (Å²) in [5, 5.41) is 16.4. The SMILES string of the molecule is CCSc1nnc(NC(=O)c2csc(Nc3nc(C)cc(C)n3)n2)s1. The summed E-state index contributed by atoms with van der Waals surface area (Å²) < 4.78 is 0.824. The summed E-state index contributed by atoms with van der Waals surface area (Å²) in [6, 6.07) is 1.89. The van der Waals surface area contributed by atoms with Gasteiger partial charge in [-0.2, -0.15) is 0 Å². The predicted octanol–water partition coefficient (Wildman–Crippen LogP) is 3.51. The summed E-state index contributed by atoms with van der Waals surface area (Å²) in [6.45, 7) is 5.83. The summed E-state index contributed by atoms with van der Waals surface area (Å²) >= 11 is 4.23. The van der Waals surface area contributed by atoms with Gasteiger partial charge in [-0.1, -0.05) is 30.0 Å². The van der Waals surface area contributed by atoms with Crippen LogP contribution in [0.1, 0.15) is 28.8 Å². The second kappa shape index (κ2) is 7.85. The minimum atomic E-state index is -0.324. The fraction of sp³-hybridized carbons (Fsp3) is 0.286. The fourth-order valence-electron chi connectivity index (χ4n) is 1.92. The Hall–Kier alpha value is -2.11. The van der Waals surface area contributed by atoms with E-state index in [1.54, 1.807) is 17.1 Å². The Labute approximate surface area is 156 Å². The van der Waals surface area contributed by atoms with Crippen LogP contribution in [0.3, 0.4) is 0 Å². The highest BCUT2D eigenvalue weighted by atomic mass is 32.2. The molecule has 0 aliphatic rings. The van der Waals surface area contributed by atoms with Gasteiger partial charge in [0, 0.05) is 16.8 Å². The summed E-state index contributed by atoms with van der Waals surface area (Å²) in [5.41, 5.74) is 2.03. The largest absolute Gasteiger partial charge is 0.300 e. The van der Waals surface area contributed by atoms with Crippen molar-refractivity contribution in [3.63, 3.8) is 0 Å². The van der Waals surface area contributed by atoms with Gasteiger partial charge in [0.15, 0.2) is 9.47 Å².